The molecule has 0 radical (unpaired) electrons. The van der Waals surface area contributed by atoms with Gasteiger partial charge in [-0.2, -0.15) is 0 Å². The molecule has 0 spiro atoms. The van der Waals surface area contributed by atoms with Crippen molar-refractivity contribution in [1.29, 1.82) is 0 Å². The van der Waals surface area contributed by atoms with E-state index in [4.69, 9.17) is 4.74 Å². The highest BCUT2D eigenvalue weighted by molar-refractivity contribution is 5.81. The molecule has 0 bridgehead atoms. The standard InChI is InChI=1S/C11H15NO4/c1-3-10(14)16-8-11(15,4-2)12-7-5-6-9(12)13/h3-4,15H,1-2,5-8H2. The van der Waals surface area contributed by atoms with Crippen molar-refractivity contribution in [3.05, 3.63) is 25.3 Å². The minimum Gasteiger partial charge on any atom is -0.457 e. The summed E-state index contributed by atoms with van der Waals surface area (Å²) >= 11 is 0. The van der Waals surface area contributed by atoms with E-state index in [1.165, 1.54) is 11.0 Å². The zero-order valence-corrected chi connectivity index (χ0v) is 9.02. The van der Waals surface area contributed by atoms with Gasteiger partial charge in [0.1, 0.15) is 6.61 Å². The molecular formula is C11H15NO4. The third-order valence-corrected chi connectivity index (χ3v) is 2.46. The highest BCUT2D eigenvalue weighted by Gasteiger charge is 2.38. The van der Waals surface area contributed by atoms with Gasteiger partial charge in [-0.1, -0.05) is 13.2 Å². The molecule has 1 unspecified atom stereocenters. The molecule has 1 aliphatic heterocycles. The van der Waals surface area contributed by atoms with Gasteiger partial charge >= 0.3 is 5.97 Å². The SMILES string of the molecule is C=CC(=O)OCC(O)(C=C)N1CCCC1=O. The number of hydrogen-bond acceptors (Lipinski definition) is 4. The van der Waals surface area contributed by atoms with Gasteiger partial charge in [0, 0.05) is 19.0 Å². The molecule has 0 aromatic rings. The fourth-order valence-electron chi connectivity index (χ4n) is 1.54. The van der Waals surface area contributed by atoms with Crippen LogP contribution in [0.25, 0.3) is 0 Å². The monoisotopic (exact) mass is 225 g/mol. The molecule has 5 nitrogen and oxygen atoms in total. The largest absolute Gasteiger partial charge is 0.457 e. The number of likely N-dealkylation sites (tertiary alicyclic amines) is 1. The zero-order chi connectivity index (χ0) is 12.2. The summed E-state index contributed by atoms with van der Waals surface area (Å²) in [6, 6.07) is 0. The second-order valence-corrected chi connectivity index (χ2v) is 3.54. The van der Waals surface area contributed by atoms with Gasteiger partial charge in [-0.25, -0.2) is 4.79 Å². The predicted molar refractivity (Wildman–Crippen MR) is 57.2 cm³/mol. The summed E-state index contributed by atoms with van der Waals surface area (Å²) in [5, 5.41) is 10.1. The maximum absolute atomic E-state index is 11.5. The summed E-state index contributed by atoms with van der Waals surface area (Å²) in [7, 11) is 0. The second-order valence-electron chi connectivity index (χ2n) is 3.54. The van der Waals surface area contributed by atoms with E-state index < -0.39 is 11.7 Å². The number of hydrogen-bond donors (Lipinski definition) is 1. The fourth-order valence-corrected chi connectivity index (χ4v) is 1.54. The van der Waals surface area contributed by atoms with Gasteiger partial charge in [-0.05, 0) is 12.5 Å². The summed E-state index contributed by atoms with van der Waals surface area (Å²) in [6.45, 7) is 6.80. The number of rotatable bonds is 5. The van der Waals surface area contributed by atoms with Crippen LogP contribution < -0.4 is 0 Å². The van der Waals surface area contributed by atoms with E-state index in [1.807, 2.05) is 0 Å². The zero-order valence-electron chi connectivity index (χ0n) is 9.02. The molecule has 1 atom stereocenters. The average molecular weight is 225 g/mol. The molecule has 1 amide bonds. The first-order chi connectivity index (χ1) is 7.53. The van der Waals surface area contributed by atoms with Gasteiger partial charge in [0.2, 0.25) is 5.91 Å². The lowest BCUT2D eigenvalue weighted by Gasteiger charge is -2.33. The van der Waals surface area contributed by atoms with Crippen molar-refractivity contribution in [2.45, 2.75) is 18.6 Å². The van der Waals surface area contributed by atoms with Crippen molar-refractivity contribution >= 4 is 11.9 Å². The van der Waals surface area contributed by atoms with Crippen LogP contribution in [-0.2, 0) is 14.3 Å². The number of aliphatic hydroxyl groups is 1. The van der Waals surface area contributed by atoms with Gasteiger partial charge in [0.15, 0.2) is 5.72 Å². The Morgan fingerprint density at radius 2 is 2.31 bits per heavy atom. The van der Waals surface area contributed by atoms with E-state index in [1.54, 1.807) is 0 Å². The number of ether oxygens (including phenoxy) is 1. The Morgan fingerprint density at radius 3 is 2.75 bits per heavy atom. The maximum atomic E-state index is 11.5. The minimum absolute atomic E-state index is 0.169. The highest BCUT2D eigenvalue weighted by atomic mass is 16.5. The first kappa shape index (κ1) is 12.4. The lowest BCUT2D eigenvalue weighted by molar-refractivity contribution is -0.164. The lowest BCUT2D eigenvalue weighted by atomic mass is 10.2. The topological polar surface area (TPSA) is 66.8 Å². The summed E-state index contributed by atoms with van der Waals surface area (Å²) in [5.41, 5.74) is -1.62. The number of nitrogens with zero attached hydrogens (tertiary/aromatic N) is 1. The van der Waals surface area contributed by atoms with Crippen LogP contribution >= 0.6 is 0 Å². The van der Waals surface area contributed by atoms with Crippen molar-refractivity contribution in [3.63, 3.8) is 0 Å². The number of carbonyl (C=O) groups is 2. The number of amides is 1. The Bertz CT molecular complexity index is 326. The third kappa shape index (κ3) is 2.49. The van der Waals surface area contributed by atoms with E-state index in [2.05, 4.69) is 13.2 Å². The third-order valence-electron chi connectivity index (χ3n) is 2.46. The molecule has 88 valence electrons. The van der Waals surface area contributed by atoms with E-state index in [0.717, 1.165) is 6.08 Å². The molecule has 1 heterocycles. The predicted octanol–water partition coefficient (Wildman–Crippen LogP) is 0.213. The molecule has 1 aliphatic rings. The highest BCUT2D eigenvalue weighted by Crippen LogP contribution is 2.22. The summed E-state index contributed by atoms with van der Waals surface area (Å²) in [6.07, 6.45) is 3.28. The van der Waals surface area contributed by atoms with E-state index >= 15 is 0 Å². The minimum atomic E-state index is -1.62. The fraction of sp³-hybridized carbons (Fsp3) is 0.455. The normalized spacial score (nSPS) is 19.1. The van der Waals surface area contributed by atoms with Crippen LogP contribution in [-0.4, -0.2) is 40.8 Å². The number of esters is 1. The quantitative estimate of drug-likeness (QED) is 0.412. The van der Waals surface area contributed by atoms with Crippen LogP contribution in [0.1, 0.15) is 12.8 Å². The van der Waals surface area contributed by atoms with Crippen LogP contribution in [0.3, 0.4) is 0 Å². The Balaban J connectivity index is 2.68. The molecule has 0 aromatic heterocycles. The molecule has 1 fully saturated rings. The van der Waals surface area contributed by atoms with Crippen LogP contribution in [0.4, 0.5) is 0 Å². The van der Waals surface area contributed by atoms with Crippen LogP contribution in [0.15, 0.2) is 25.3 Å². The molecule has 1 N–H and O–H groups in total. The Morgan fingerprint density at radius 1 is 1.62 bits per heavy atom. The van der Waals surface area contributed by atoms with Gasteiger partial charge in [0.05, 0.1) is 0 Å². The van der Waals surface area contributed by atoms with E-state index in [9.17, 15) is 14.7 Å². The van der Waals surface area contributed by atoms with Crippen molar-refractivity contribution in [3.8, 4) is 0 Å². The van der Waals surface area contributed by atoms with E-state index in [0.29, 0.717) is 19.4 Å². The first-order valence-corrected chi connectivity index (χ1v) is 4.99. The summed E-state index contributed by atoms with van der Waals surface area (Å²) < 4.78 is 4.74. The van der Waals surface area contributed by atoms with Crippen molar-refractivity contribution in [2.24, 2.45) is 0 Å². The van der Waals surface area contributed by atoms with Crippen molar-refractivity contribution in [1.82, 2.24) is 4.90 Å². The molecule has 1 rings (SSSR count). The van der Waals surface area contributed by atoms with E-state index in [-0.39, 0.29) is 12.5 Å². The Hall–Kier alpha value is -1.62. The molecule has 0 saturated carbocycles. The molecular weight excluding hydrogens is 210 g/mol. The first-order valence-electron chi connectivity index (χ1n) is 4.99. The lowest BCUT2D eigenvalue weighted by Crippen LogP contribution is -2.51. The smallest absolute Gasteiger partial charge is 0.330 e. The van der Waals surface area contributed by atoms with Crippen LogP contribution in [0, 0.1) is 0 Å². The molecule has 5 heteroatoms. The van der Waals surface area contributed by atoms with Crippen molar-refractivity contribution in [2.75, 3.05) is 13.2 Å². The molecule has 0 aliphatic carbocycles. The molecule has 1 saturated heterocycles. The van der Waals surface area contributed by atoms with Crippen LogP contribution in [0.2, 0.25) is 0 Å². The maximum Gasteiger partial charge on any atom is 0.330 e. The molecule has 0 aromatic carbocycles. The number of carbonyl (C=O) groups excluding carboxylic acids is 2. The van der Waals surface area contributed by atoms with Crippen LogP contribution in [0.5, 0.6) is 0 Å². The van der Waals surface area contributed by atoms with Gasteiger partial charge in [-0.15, -0.1) is 0 Å². The van der Waals surface area contributed by atoms with Gasteiger partial charge in [-0.3, -0.25) is 4.79 Å². The van der Waals surface area contributed by atoms with Crippen molar-refractivity contribution < 1.29 is 19.4 Å². The Labute approximate surface area is 94.0 Å². The summed E-state index contributed by atoms with van der Waals surface area (Å²) in [4.78, 5) is 23.6. The summed E-state index contributed by atoms with van der Waals surface area (Å²) in [5.74, 6) is -0.816. The average Bonchev–Trinajstić information content (AvgIpc) is 2.72. The second kappa shape index (κ2) is 4.94. The van der Waals surface area contributed by atoms with Gasteiger partial charge in [0.25, 0.3) is 0 Å². The molecule has 16 heavy (non-hydrogen) atoms. The Kier molecular flexibility index (Phi) is 3.84. The van der Waals surface area contributed by atoms with Gasteiger partial charge < -0.3 is 14.7 Å².